The van der Waals surface area contributed by atoms with Gasteiger partial charge in [-0.25, -0.2) is 0 Å². The van der Waals surface area contributed by atoms with Gasteiger partial charge in [-0.3, -0.25) is 10.6 Å². The van der Waals surface area contributed by atoms with E-state index in [1.165, 1.54) is 0 Å². The topological polar surface area (TPSA) is 58.4 Å². The predicted octanol–water partition coefficient (Wildman–Crippen LogP) is 2.10. The highest BCUT2D eigenvalue weighted by Crippen LogP contribution is 2.17. The summed E-state index contributed by atoms with van der Waals surface area (Å²) in [7, 11) is 1.84. The van der Waals surface area contributed by atoms with Crippen LogP contribution in [0.4, 0.5) is 5.69 Å². The molecule has 5 heteroatoms. The molecule has 0 heterocycles. The highest BCUT2D eigenvalue weighted by Gasteiger charge is 2.17. The van der Waals surface area contributed by atoms with Gasteiger partial charge in [0.15, 0.2) is 0 Å². The molecule has 100 valence electrons. The second-order valence-corrected chi connectivity index (χ2v) is 5.31. The van der Waals surface area contributed by atoms with E-state index in [2.05, 4.69) is 12.3 Å². The Bertz CT molecular complexity index is 423. The van der Waals surface area contributed by atoms with Crippen molar-refractivity contribution < 1.29 is 4.79 Å². The van der Waals surface area contributed by atoms with Gasteiger partial charge < -0.3 is 10.3 Å². The number of aryl methyl sites for hydroxylation is 1. The Hall–Kier alpha value is -1.20. The van der Waals surface area contributed by atoms with Crippen LogP contribution in [0.25, 0.3) is 0 Å². The number of benzene rings is 1. The molecular weight excluding hydrogens is 246 g/mol. The number of hydrogen-bond acceptors (Lipinski definition) is 4. The molecule has 1 rings (SSSR count). The Morgan fingerprint density at radius 1 is 1.56 bits per heavy atom. The molecule has 0 aromatic heterocycles. The van der Waals surface area contributed by atoms with Crippen LogP contribution in [0.2, 0.25) is 0 Å². The van der Waals surface area contributed by atoms with Gasteiger partial charge in [0.1, 0.15) is 0 Å². The fourth-order valence-corrected chi connectivity index (χ4v) is 2.42. The molecule has 0 fully saturated rings. The zero-order valence-corrected chi connectivity index (χ0v) is 12.2. The van der Waals surface area contributed by atoms with Crippen molar-refractivity contribution in [3.05, 3.63) is 29.3 Å². The number of nitrogen functional groups attached to an aromatic ring is 1. The Kier molecular flexibility index (Phi) is 5.50. The lowest BCUT2D eigenvalue weighted by molar-refractivity contribution is 0.0757. The lowest BCUT2D eigenvalue weighted by atomic mass is 10.1. The van der Waals surface area contributed by atoms with Crippen LogP contribution in [0.15, 0.2) is 18.2 Å². The zero-order valence-electron chi connectivity index (χ0n) is 11.4. The molecule has 0 aliphatic carbocycles. The third-order valence-electron chi connectivity index (χ3n) is 3.02. The minimum absolute atomic E-state index is 0.0446. The second kappa shape index (κ2) is 6.66. The van der Waals surface area contributed by atoms with Gasteiger partial charge in [0, 0.05) is 24.4 Å². The Morgan fingerprint density at radius 3 is 2.72 bits per heavy atom. The van der Waals surface area contributed by atoms with Crippen molar-refractivity contribution in [2.24, 2.45) is 5.84 Å². The fourth-order valence-electron chi connectivity index (χ4n) is 1.72. The van der Waals surface area contributed by atoms with Crippen LogP contribution >= 0.6 is 11.8 Å². The quantitative estimate of drug-likeness (QED) is 0.633. The lowest BCUT2D eigenvalue weighted by Crippen LogP contribution is -2.36. The first-order valence-corrected chi connectivity index (χ1v) is 7.24. The summed E-state index contributed by atoms with van der Waals surface area (Å²) < 4.78 is 0. The first-order valence-electron chi connectivity index (χ1n) is 5.84. The van der Waals surface area contributed by atoms with Crippen LogP contribution in [0.5, 0.6) is 0 Å². The summed E-state index contributed by atoms with van der Waals surface area (Å²) in [5.74, 6) is 6.36. The third kappa shape index (κ3) is 3.40. The number of thioether (sulfide) groups is 1. The van der Waals surface area contributed by atoms with Crippen molar-refractivity contribution in [1.82, 2.24) is 4.90 Å². The first-order chi connectivity index (χ1) is 8.51. The number of nitrogens with one attached hydrogen (secondary N) is 1. The van der Waals surface area contributed by atoms with Crippen LogP contribution in [-0.4, -0.2) is 35.9 Å². The van der Waals surface area contributed by atoms with E-state index in [0.29, 0.717) is 5.56 Å². The summed E-state index contributed by atoms with van der Waals surface area (Å²) in [4.78, 5) is 14.1. The molecule has 1 amide bonds. The van der Waals surface area contributed by atoms with E-state index in [9.17, 15) is 4.79 Å². The maximum Gasteiger partial charge on any atom is 0.253 e. The standard InChI is InChI=1S/C13H21N3OS/c1-9-7-11(5-6-12(9)15-14)13(17)16(3)10(2)8-18-4/h5-7,10,15H,8,14H2,1-4H3. The lowest BCUT2D eigenvalue weighted by Gasteiger charge is -2.24. The normalized spacial score (nSPS) is 12.1. The smallest absolute Gasteiger partial charge is 0.253 e. The number of hydrogen-bond donors (Lipinski definition) is 2. The third-order valence-corrected chi connectivity index (χ3v) is 3.83. The van der Waals surface area contributed by atoms with E-state index < -0.39 is 0 Å². The highest BCUT2D eigenvalue weighted by atomic mass is 32.2. The number of rotatable bonds is 5. The minimum atomic E-state index is 0.0446. The molecule has 1 atom stereocenters. The van der Waals surface area contributed by atoms with Gasteiger partial charge in [0.2, 0.25) is 0 Å². The van der Waals surface area contributed by atoms with Crippen LogP contribution in [-0.2, 0) is 0 Å². The maximum atomic E-state index is 12.3. The first kappa shape index (κ1) is 14.9. The second-order valence-electron chi connectivity index (χ2n) is 4.39. The van der Waals surface area contributed by atoms with Crippen molar-refractivity contribution in [3.8, 4) is 0 Å². The van der Waals surface area contributed by atoms with Crippen LogP contribution < -0.4 is 11.3 Å². The molecule has 1 aromatic rings. The summed E-state index contributed by atoms with van der Waals surface area (Å²) in [5.41, 5.74) is 5.11. The molecule has 0 aliphatic heterocycles. The SMILES string of the molecule is CSCC(C)N(C)C(=O)c1ccc(NN)c(C)c1. The summed E-state index contributed by atoms with van der Waals surface area (Å²) in [6, 6.07) is 5.71. The molecule has 0 saturated carbocycles. The van der Waals surface area contributed by atoms with Crippen LogP contribution in [0.1, 0.15) is 22.8 Å². The van der Waals surface area contributed by atoms with Crippen LogP contribution in [0, 0.1) is 6.92 Å². The van der Waals surface area contributed by atoms with E-state index >= 15 is 0 Å². The average molecular weight is 267 g/mol. The molecule has 18 heavy (non-hydrogen) atoms. The Balaban J connectivity index is 2.87. The molecule has 0 spiro atoms. The van der Waals surface area contributed by atoms with E-state index in [4.69, 9.17) is 5.84 Å². The van der Waals surface area contributed by atoms with Gasteiger partial charge in [-0.15, -0.1) is 0 Å². The maximum absolute atomic E-state index is 12.3. The van der Waals surface area contributed by atoms with Gasteiger partial charge in [-0.2, -0.15) is 11.8 Å². The molecule has 4 nitrogen and oxygen atoms in total. The van der Waals surface area contributed by atoms with Crippen molar-refractivity contribution in [2.45, 2.75) is 19.9 Å². The monoisotopic (exact) mass is 267 g/mol. The van der Waals surface area contributed by atoms with E-state index in [1.807, 2.05) is 32.4 Å². The largest absolute Gasteiger partial charge is 0.338 e. The molecule has 0 radical (unpaired) electrons. The number of amides is 1. The summed E-state index contributed by atoms with van der Waals surface area (Å²) in [6.45, 7) is 3.98. The molecule has 1 aromatic carbocycles. The van der Waals surface area contributed by atoms with E-state index in [1.54, 1.807) is 22.7 Å². The van der Waals surface area contributed by atoms with E-state index in [0.717, 1.165) is 17.0 Å². The fraction of sp³-hybridized carbons (Fsp3) is 0.462. The summed E-state index contributed by atoms with van der Waals surface area (Å²) in [6.07, 6.45) is 2.04. The van der Waals surface area contributed by atoms with Gasteiger partial charge in [-0.1, -0.05) is 0 Å². The minimum Gasteiger partial charge on any atom is -0.338 e. The van der Waals surface area contributed by atoms with Crippen molar-refractivity contribution >= 4 is 23.4 Å². The van der Waals surface area contributed by atoms with Gasteiger partial charge in [0.05, 0.1) is 5.69 Å². The number of hydrazine groups is 1. The Morgan fingerprint density at radius 2 is 2.22 bits per heavy atom. The van der Waals surface area contributed by atoms with Crippen LogP contribution in [0.3, 0.4) is 0 Å². The predicted molar refractivity (Wildman–Crippen MR) is 78.9 cm³/mol. The highest BCUT2D eigenvalue weighted by molar-refractivity contribution is 7.98. The number of nitrogens with two attached hydrogens (primary N) is 1. The molecule has 0 saturated heterocycles. The number of nitrogens with zero attached hydrogens (tertiary/aromatic N) is 1. The molecular formula is C13H21N3OS. The molecule has 1 unspecified atom stereocenters. The van der Waals surface area contributed by atoms with Gasteiger partial charge in [-0.05, 0) is 43.9 Å². The average Bonchev–Trinajstić information content (AvgIpc) is 2.37. The number of anilines is 1. The molecule has 0 aliphatic rings. The number of carbonyl (C=O) groups is 1. The van der Waals surface area contributed by atoms with E-state index in [-0.39, 0.29) is 11.9 Å². The summed E-state index contributed by atoms with van der Waals surface area (Å²) >= 11 is 1.74. The molecule has 3 N–H and O–H groups in total. The van der Waals surface area contributed by atoms with Crippen molar-refractivity contribution in [2.75, 3.05) is 24.5 Å². The van der Waals surface area contributed by atoms with Gasteiger partial charge >= 0.3 is 0 Å². The number of carbonyl (C=O) groups excluding carboxylic acids is 1. The van der Waals surface area contributed by atoms with Crippen molar-refractivity contribution in [3.63, 3.8) is 0 Å². The van der Waals surface area contributed by atoms with Crippen molar-refractivity contribution in [1.29, 1.82) is 0 Å². The van der Waals surface area contributed by atoms with Gasteiger partial charge in [0.25, 0.3) is 5.91 Å². The Labute approximate surface area is 113 Å². The zero-order chi connectivity index (χ0) is 13.7. The molecule has 0 bridgehead atoms. The summed E-state index contributed by atoms with van der Waals surface area (Å²) in [5, 5.41) is 0.